The van der Waals surface area contributed by atoms with Crippen molar-refractivity contribution in [1.29, 1.82) is 0 Å². The molecule has 0 aromatic heterocycles. The molecule has 154 valence electrons. The fourth-order valence-electron chi connectivity index (χ4n) is 3.69. The van der Waals surface area contributed by atoms with Crippen LogP contribution in [0.3, 0.4) is 0 Å². The van der Waals surface area contributed by atoms with Gasteiger partial charge in [0.2, 0.25) is 5.91 Å². The van der Waals surface area contributed by atoms with Crippen LogP contribution in [0, 0.1) is 0 Å². The van der Waals surface area contributed by atoms with Gasteiger partial charge in [-0.25, -0.2) is 0 Å². The van der Waals surface area contributed by atoms with E-state index in [0.717, 1.165) is 28.6 Å². The van der Waals surface area contributed by atoms with Crippen molar-refractivity contribution in [2.75, 3.05) is 13.6 Å². The van der Waals surface area contributed by atoms with E-state index >= 15 is 0 Å². The first kappa shape index (κ1) is 24.4. The summed E-state index contributed by atoms with van der Waals surface area (Å²) in [6.07, 6.45) is 0.868. The predicted molar refractivity (Wildman–Crippen MR) is 111 cm³/mol. The quantitative estimate of drug-likeness (QED) is 0.428. The number of nitrogens with zero attached hydrogens (tertiary/aromatic N) is 1. The van der Waals surface area contributed by atoms with Crippen molar-refractivity contribution in [3.05, 3.63) is 65.2 Å². The number of halogens is 1. The van der Waals surface area contributed by atoms with Crippen LogP contribution in [-0.2, 0) is 0 Å². The van der Waals surface area contributed by atoms with Crippen LogP contribution < -0.4 is 29.7 Å². The van der Waals surface area contributed by atoms with Gasteiger partial charge in [0.05, 0.1) is 25.7 Å². The van der Waals surface area contributed by atoms with Gasteiger partial charge in [0.25, 0.3) is 0 Å². The number of nitrogens with two attached hydrogens (primary N) is 1. The van der Waals surface area contributed by atoms with Gasteiger partial charge in [-0.3, -0.25) is 4.79 Å². The Morgan fingerprint density at radius 3 is 2.11 bits per heavy atom. The highest BCUT2D eigenvalue weighted by molar-refractivity contribution is 5.93. The Bertz CT molecular complexity index is 767. The van der Waals surface area contributed by atoms with Crippen molar-refractivity contribution in [2.24, 2.45) is 5.73 Å². The normalized spacial score (nSPS) is 12.7. The van der Waals surface area contributed by atoms with Crippen molar-refractivity contribution in [3.8, 4) is 5.75 Å². The van der Waals surface area contributed by atoms with E-state index in [1.807, 2.05) is 18.2 Å². The Morgan fingerprint density at radius 2 is 1.61 bits per heavy atom. The molecule has 4 nitrogen and oxygen atoms in total. The predicted octanol–water partition coefficient (Wildman–Crippen LogP) is 1.28. The molecule has 0 saturated carbocycles. The third-order valence-electron chi connectivity index (χ3n) is 6.15. The van der Waals surface area contributed by atoms with Gasteiger partial charge in [0.15, 0.2) is 0 Å². The maximum absolute atomic E-state index is 11.7. The van der Waals surface area contributed by atoms with Gasteiger partial charge in [-0.15, -0.1) is 0 Å². The molecular weight excluding hydrogens is 463 g/mol. The number of phenolic OH excluding ortho intramolecular Hbond substituents is 1. The van der Waals surface area contributed by atoms with Crippen molar-refractivity contribution < 1.29 is 38.4 Å². The van der Waals surface area contributed by atoms with Gasteiger partial charge in [-0.05, 0) is 51.5 Å². The Hall–Kier alpha value is -1.60. The Kier molecular flexibility index (Phi) is 8.95. The monoisotopic (exact) mass is 496 g/mol. The molecule has 3 N–H and O–H groups in total. The number of phenols is 1. The van der Waals surface area contributed by atoms with Crippen molar-refractivity contribution in [1.82, 2.24) is 0 Å². The molecule has 2 aromatic carbocycles. The molecule has 1 atom stereocenters. The van der Waals surface area contributed by atoms with Crippen LogP contribution in [0.4, 0.5) is 0 Å². The van der Waals surface area contributed by atoms with E-state index in [-0.39, 0.29) is 35.6 Å². The van der Waals surface area contributed by atoms with E-state index in [4.69, 9.17) is 5.73 Å². The summed E-state index contributed by atoms with van der Waals surface area (Å²) in [5.74, 6) is -0.273. The van der Waals surface area contributed by atoms with Crippen molar-refractivity contribution in [2.45, 2.75) is 52.1 Å². The molecule has 0 saturated heterocycles. The molecule has 0 heterocycles. The summed E-state index contributed by atoms with van der Waals surface area (Å²) >= 11 is 0. The highest BCUT2D eigenvalue weighted by Crippen LogP contribution is 2.36. The van der Waals surface area contributed by atoms with Gasteiger partial charge in [-0.2, -0.15) is 0 Å². The number of quaternary nitrogens is 1. The van der Waals surface area contributed by atoms with Gasteiger partial charge >= 0.3 is 0 Å². The number of carbonyl (C=O) groups is 1. The van der Waals surface area contributed by atoms with E-state index in [0.29, 0.717) is 17.6 Å². The lowest BCUT2D eigenvalue weighted by Crippen LogP contribution is -3.00. The number of aromatic hydroxyl groups is 1. The van der Waals surface area contributed by atoms with Crippen molar-refractivity contribution in [3.63, 3.8) is 0 Å². The largest absolute Gasteiger partial charge is 1.00 e. The molecular formula is C23H33IN2O2. The van der Waals surface area contributed by atoms with Crippen LogP contribution in [0.1, 0.15) is 61.5 Å². The SMILES string of the molecule is CC(C)[N+](C)(CC[C@@H](c1ccccc1)c1cc(C(N)=O)ccc1O)C(C)C.[I-]. The van der Waals surface area contributed by atoms with Crippen LogP contribution in [0.2, 0.25) is 0 Å². The molecule has 2 rings (SSSR count). The molecule has 5 heteroatoms. The van der Waals surface area contributed by atoms with Gasteiger partial charge in [-0.1, -0.05) is 30.3 Å². The van der Waals surface area contributed by atoms with E-state index in [1.165, 1.54) is 0 Å². The third-order valence-corrected chi connectivity index (χ3v) is 6.15. The van der Waals surface area contributed by atoms with E-state index in [9.17, 15) is 9.90 Å². The standard InChI is InChI=1S/C23H32N2O2.HI/c1-16(2)25(5,17(3)4)14-13-20(18-9-7-6-8-10-18)21-15-19(23(24)27)11-12-22(21)26;/h6-12,15-17,20H,13-14H2,1-5H3,(H2-,24,26,27);1H/t20-;/m0./s1. The lowest BCUT2D eigenvalue weighted by molar-refractivity contribution is -0.949. The summed E-state index contributed by atoms with van der Waals surface area (Å²) in [5, 5.41) is 10.5. The number of hydrogen-bond acceptors (Lipinski definition) is 2. The smallest absolute Gasteiger partial charge is 0.248 e. The first-order valence-electron chi connectivity index (χ1n) is 9.69. The van der Waals surface area contributed by atoms with Crippen molar-refractivity contribution >= 4 is 5.91 Å². The molecule has 0 unspecified atom stereocenters. The lowest BCUT2D eigenvalue weighted by atomic mass is 9.86. The highest BCUT2D eigenvalue weighted by atomic mass is 127. The first-order chi connectivity index (χ1) is 12.7. The average Bonchev–Trinajstić information content (AvgIpc) is 2.63. The van der Waals surface area contributed by atoms with Gasteiger partial charge in [0, 0.05) is 23.5 Å². The number of amides is 1. The van der Waals surface area contributed by atoms with Crippen LogP contribution in [0.5, 0.6) is 5.75 Å². The summed E-state index contributed by atoms with van der Waals surface area (Å²) < 4.78 is 0.944. The number of benzene rings is 2. The molecule has 0 aliphatic carbocycles. The minimum atomic E-state index is -0.479. The summed E-state index contributed by atoms with van der Waals surface area (Å²) in [5.41, 5.74) is 7.79. The molecule has 0 fully saturated rings. The highest BCUT2D eigenvalue weighted by Gasteiger charge is 2.31. The molecule has 0 radical (unpaired) electrons. The maximum Gasteiger partial charge on any atom is 0.248 e. The molecule has 28 heavy (non-hydrogen) atoms. The fraction of sp³-hybridized carbons (Fsp3) is 0.435. The molecule has 1 amide bonds. The summed E-state index contributed by atoms with van der Waals surface area (Å²) in [7, 11) is 2.29. The minimum absolute atomic E-state index is 0. The number of primary amides is 1. The van der Waals surface area contributed by atoms with Gasteiger partial charge in [0.1, 0.15) is 5.75 Å². The van der Waals surface area contributed by atoms with Crippen LogP contribution in [0.15, 0.2) is 48.5 Å². The van der Waals surface area contributed by atoms with Crippen LogP contribution in [-0.4, -0.2) is 41.2 Å². The second-order valence-electron chi connectivity index (χ2n) is 8.15. The molecule has 0 bridgehead atoms. The van der Waals surface area contributed by atoms with E-state index < -0.39 is 5.91 Å². The third kappa shape index (κ3) is 5.47. The summed E-state index contributed by atoms with van der Waals surface area (Å²) in [6, 6.07) is 16.0. The Balaban J connectivity index is 0.00000392. The number of hydrogen-bond donors (Lipinski definition) is 2. The topological polar surface area (TPSA) is 63.3 Å². The van der Waals surface area contributed by atoms with Crippen LogP contribution >= 0.6 is 0 Å². The summed E-state index contributed by atoms with van der Waals surface area (Å²) in [4.78, 5) is 11.7. The van der Waals surface area contributed by atoms with E-state index in [2.05, 4.69) is 46.9 Å². The fourth-order valence-corrected chi connectivity index (χ4v) is 3.69. The zero-order valence-electron chi connectivity index (χ0n) is 17.5. The summed E-state index contributed by atoms with van der Waals surface area (Å²) in [6.45, 7) is 9.98. The first-order valence-corrected chi connectivity index (χ1v) is 9.69. The van der Waals surface area contributed by atoms with Gasteiger partial charge < -0.3 is 39.3 Å². The minimum Gasteiger partial charge on any atom is -1.00 e. The van der Waals surface area contributed by atoms with Crippen LogP contribution in [0.25, 0.3) is 0 Å². The lowest BCUT2D eigenvalue weighted by Gasteiger charge is -2.43. The second kappa shape index (κ2) is 10.3. The van der Waals surface area contributed by atoms with E-state index in [1.54, 1.807) is 18.2 Å². The molecule has 2 aromatic rings. The molecule has 0 spiro atoms. The maximum atomic E-state index is 11.7. The molecule has 0 aliphatic rings. The Morgan fingerprint density at radius 1 is 1.04 bits per heavy atom. The average molecular weight is 496 g/mol. The zero-order chi connectivity index (χ0) is 20.2. The number of rotatable bonds is 8. The second-order valence-corrected chi connectivity index (χ2v) is 8.15. The molecule has 0 aliphatic heterocycles. The number of carbonyl (C=O) groups excluding carboxylic acids is 1. The Labute approximate surface area is 186 Å². The zero-order valence-corrected chi connectivity index (χ0v) is 19.7.